The van der Waals surface area contributed by atoms with Crippen molar-refractivity contribution in [3.05, 3.63) is 94.6 Å². The maximum Gasteiger partial charge on any atom is 0.199 e. The summed E-state index contributed by atoms with van der Waals surface area (Å²) in [5, 5.41) is 0.682. The minimum atomic E-state index is 0.0921. The summed E-state index contributed by atoms with van der Waals surface area (Å²) in [5.74, 6) is 0.699. The lowest BCUT2D eigenvalue weighted by molar-refractivity contribution is -0.914. The van der Waals surface area contributed by atoms with E-state index in [4.69, 9.17) is 4.74 Å². The van der Waals surface area contributed by atoms with Gasteiger partial charge in [-0.25, -0.2) is 0 Å². The number of piperazine rings is 1. The van der Waals surface area contributed by atoms with Crippen LogP contribution in [-0.4, -0.2) is 38.3 Å². The molecule has 1 aliphatic rings. The number of hydrogen-bond donors (Lipinski definition) is 2. The van der Waals surface area contributed by atoms with Crippen molar-refractivity contribution in [3.8, 4) is 17.0 Å². The monoisotopic (exact) mass is 426 g/mol. The van der Waals surface area contributed by atoms with Gasteiger partial charge in [-0.05, 0) is 35.9 Å². The van der Waals surface area contributed by atoms with Crippen LogP contribution in [0.15, 0.2) is 83.7 Å². The van der Waals surface area contributed by atoms with E-state index in [1.54, 1.807) is 7.11 Å². The summed E-state index contributed by atoms with van der Waals surface area (Å²) >= 11 is 0. The van der Waals surface area contributed by atoms with Crippen molar-refractivity contribution < 1.29 is 9.64 Å². The summed E-state index contributed by atoms with van der Waals surface area (Å²) in [7, 11) is 1.63. The van der Waals surface area contributed by atoms with Crippen LogP contribution in [0, 0.1) is 0 Å². The summed E-state index contributed by atoms with van der Waals surface area (Å²) in [6.07, 6.45) is 0. The van der Waals surface area contributed by atoms with Crippen molar-refractivity contribution >= 4 is 16.6 Å². The number of methoxy groups -OCH3 is 1. The highest BCUT2D eigenvalue weighted by atomic mass is 16.5. The standard InChI is InChI=1S/C27H27N3O2/c1-32-22-12-13-25-23(18-22)27(31)24(26(28-25)20-8-4-2-5-9-20)19-29-14-16-30(17-15-29)21-10-6-3-7-11-21/h2-13,18H,14-17,19H2,1H3,(H,28,31)/p+1. The first-order valence-electron chi connectivity index (χ1n) is 11.1. The molecule has 32 heavy (non-hydrogen) atoms. The van der Waals surface area contributed by atoms with Crippen molar-refractivity contribution in [1.29, 1.82) is 0 Å². The van der Waals surface area contributed by atoms with Crippen LogP contribution < -0.4 is 20.0 Å². The number of para-hydroxylation sites is 1. The first-order valence-corrected chi connectivity index (χ1v) is 11.1. The van der Waals surface area contributed by atoms with Crippen LogP contribution in [0.3, 0.4) is 0 Å². The van der Waals surface area contributed by atoms with Gasteiger partial charge in [0.2, 0.25) is 0 Å². The number of pyridine rings is 1. The number of H-pyrrole nitrogens is 1. The number of quaternary nitrogens is 1. The van der Waals surface area contributed by atoms with Gasteiger partial charge < -0.3 is 19.5 Å². The van der Waals surface area contributed by atoms with Gasteiger partial charge in [0.15, 0.2) is 5.43 Å². The molecule has 2 N–H and O–H groups in total. The van der Waals surface area contributed by atoms with Gasteiger partial charge in [-0.3, -0.25) is 4.79 Å². The molecule has 1 saturated heterocycles. The molecular formula is C27H28N3O2+. The highest BCUT2D eigenvalue weighted by Gasteiger charge is 2.24. The van der Waals surface area contributed by atoms with Gasteiger partial charge in [-0.15, -0.1) is 0 Å². The summed E-state index contributed by atoms with van der Waals surface area (Å²) in [6.45, 7) is 4.67. The number of fused-ring (bicyclic) bond motifs is 1. The molecule has 1 fully saturated rings. The van der Waals surface area contributed by atoms with E-state index in [9.17, 15) is 4.79 Å². The fourth-order valence-corrected chi connectivity index (χ4v) is 4.60. The Labute approximate surface area is 187 Å². The number of nitrogens with zero attached hydrogens (tertiary/aromatic N) is 1. The summed E-state index contributed by atoms with van der Waals surface area (Å²) < 4.78 is 5.37. The Morgan fingerprint density at radius 2 is 1.62 bits per heavy atom. The summed E-state index contributed by atoms with van der Waals surface area (Å²) in [4.78, 5) is 21.1. The van der Waals surface area contributed by atoms with Gasteiger partial charge in [-0.2, -0.15) is 0 Å². The topological polar surface area (TPSA) is 49.8 Å². The number of ether oxygens (including phenoxy) is 1. The Kier molecular flexibility index (Phi) is 5.65. The third-order valence-electron chi connectivity index (χ3n) is 6.39. The Bertz CT molecular complexity index is 1260. The zero-order chi connectivity index (χ0) is 21.9. The number of rotatable bonds is 5. The van der Waals surface area contributed by atoms with Gasteiger partial charge >= 0.3 is 0 Å². The lowest BCUT2D eigenvalue weighted by Gasteiger charge is -2.33. The highest BCUT2D eigenvalue weighted by molar-refractivity contribution is 5.84. The number of anilines is 1. The molecule has 1 aliphatic heterocycles. The number of hydrogen-bond acceptors (Lipinski definition) is 3. The Balaban J connectivity index is 1.48. The molecule has 0 amide bonds. The van der Waals surface area contributed by atoms with E-state index in [0.717, 1.165) is 48.5 Å². The fourth-order valence-electron chi connectivity index (χ4n) is 4.60. The SMILES string of the molecule is COc1ccc2[nH]c(-c3ccccc3)c(C[NH+]3CCN(c4ccccc4)CC3)c(=O)c2c1. The van der Waals surface area contributed by atoms with E-state index in [0.29, 0.717) is 17.7 Å². The fraction of sp³-hybridized carbons (Fsp3) is 0.222. The smallest absolute Gasteiger partial charge is 0.199 e. The minimum absolute atomic E-state index is 0.0921. The Morgan fingerprint density at radius 3 is 2.31 bits per heavy atom. The van der Waals surface area contributed by atoms with Gasteiger partial charge in [-0.1, -0.05) is 48.5 Å². The predicted octanol–water partition coefficient (Wildman–Crippen LogP) is 3.11. The average molecular weight is 427 g/mol. The number of nitrogens with one attached hydrogen (secondary N) is 2. The third kappa shape index (κ3) is 3.99. The molecule has 4 aromatic rings. The molecule has 5 rings (SSSR count). The quantitative estimate of drug-likeness (QED) is 0.516. The molecule has 0 spiro atoms. The van der Waals surface area contributed by atoms with Crippen molar-refractivity contribution in [1.82, 2.24) is 4.98 Å². The zero-order valence-electron chi connectivity index (χ0n) is 18.3. The number of aromatic amines is 1. The lowest BCUT2D eigenvalue weighted by Crippen LogP contribution is -3.13. The lowest BCUT2D eigenvalue weighted by atomic mass is 10.0. The maximum atomic E-state index is 13.7. The van der Waals surface area contributed by atoms with Crippen molar-refractivity contribution in [2.75, 3.05) is 38.2 Å². The molecule has 0 unspecified atom stereocenters. The second-order valence-electron chi connectivity index (χ2n) is 8.33. The first-order chi connectivity index (χ1) is 15.7. The molecule has 0 saturated carbocycles. The summed E-state index contributed by atoms with van der Waals surface area (Å²) in [6, 6.07) is 26.4. The Morgan fingerprint density at radius 1 is 0.938 bits per heavy atom. The molecule has 0 atom stereocenters. The normalized spacial score (nSPS) is 14.6. The number of aromatic nitrogens is 1. The molecule has 5 nitrogen and oxygen atoms in total. The highest BCUT2D eigenvalue weighted by Crippen LogP contribution is 2.24. The first kappa shape index (κ1) is 20.3. The predicted molar refractivity (Wildman–Crippen MR) is 130 cm³/mol. The third-order valence-corrected chi connectivity index (χ3v) is 6.39. The molecule has 2 heterocycles. The summed E-state index contributed by atoms with van der Waals surface area (Å²) in [5.41, 5.74) is 5.01. The molecule has 0 bridgehead atoms. The van der Waals surface area contributed by atoms with Crippen LogP contribution in [0.2, 0.25) is 0 Å². The molecule has 0 radical (unpaired) electrons. The molecular weight excluding hydrogens is 398 g/mol. The maximum absolute atomic E-state index is 13.7. The van der Waals surface area contributed by atoms with Crippen LogP contribution >= 0.6 is 0 Å². The van der Waals surface area contributed by atoms with Gasteiger partial charge in [0.05, 0.1) is 50.1 Å². The van der Waals surface area contributed by atoms with Gasteiger partial charge in [0.25, 0.3) is 0 Å². The van der Waals surface area contributed by atoms with Crippen LogP contribution in [-0.2, 0) is 6.54 Å². The van der Waals surface area contributed by atoms with Gasteiger partial charge in [0, 0.05) is 11.1 Å². The van der Waals surface area contributed by atoms with Crippen molar-refractivity contribution in [3.63, 3.8) is 0 Å². The van der Waals surface area contributed by atoms with E-state index in [2.05, 4.69) is 52.3 Å². The van der Waals surface area contributed by atoms with Crippen LogP contribution in [0.4, 0.5) is 5.69 Å². The van der Waals surface area contributed by atoms with Crippen LogP contribution in [0.5, 0.6) is 5.75 Å². The van der Waals surface area contributed by atoms with Crippen molar-refractivity contribution in [2.24, 2.45) is 0 Å². The second kappa shape index (κ2) is 8.89. The molecule has 5 heteroatoms. The van der Waals surface area contributed by atoms with Crippen LogP contribution in [0.25, 0.3) is 22.2 Å². The zero-order valence-corrected chi connectivity index (χ0v) is 18.3. The minimum Gasteiger partial charge on any atom is -0.497 e. The Hall–Kier alpha value is -3.57. The average Bonchev–Trinajstić information content (AvgIpc) is 2.87. The van der Waals surface area contributed by atoms with E-state index in [-0.39, 0.29) is 5.43 Å². The van der Waals surface area contributed by atoms with E-state index in [1.807, 2.05) is 36.4 Å². The molecule has 3 aromatic carbocycles. The van der Waals surface area contributed by atoms with E-state index >= 15 is 0 Å². The molecule has 1 aromatic heterocycles. The second-order valence-corrected chi connectivity index (χ2v) is 8.33. The van der Waals surface area contributed by atoms with E-state index < -0.39 is 0 Å². The molecule has 0 aliphatic carbocycles. The van der Waals surface area contributed by atoms with Gasteiger partial charge in [0.1, 0.15) is 12.3 Å². The van der Waals surface area contributed by atoms with Crippen molar-refractivity contribution in [2.45, 2.75) is 6.54 Å². The largest absolute Gasteiger partial charge is 0.497 e. The number of benzene rings is 3. The van der Waals surface area contributed by atoms with Crippen LogP contribution in [0.1, 0.15) is 5.56 Å². The molecule has 162 valence electrons. The van der Waals surface area contributed by atoms with E-state index in [1.165, 1.54) is 10.6 Å².